The van der Waals surface area contributed by atoms with Gasteiger partial charge < -0.3 is 0 Å². The van der Waals surface area contributed by atoms with Crippen LogP contribution < -0.4 is 0 Å². The van der Waals surface area contributed by atoms with E-state index in [1.807, 2.05) is 0 Å². The van der Waals surface area contributed by atoms with Crippen molar-refractivity contribution in [3.8, 4) is 11.1 Å². The van der Waals surface area contributed by atoms with Crippen molar-refractivity contribution in [3.63, 3.8) is 0 Å². The van der Waals surface area contributed by atoms with Crippen molar-refractivity contribution in [2.75, 3.05) is 0 Å². The van der Waals surface area contributed by atoms with E-state index in [1.54, 1.807) is 0 Å². The van der Waals surface area contributed by atoms with E-state index in [4.69, 9.17) is 0 Å². The predicted molar refractivity (Wildman–Crippen MR) is 166 cm³/mol. The Labute approximate surface area is 227 Å². The summed E-state index contributed by atoms with van der Waals surface area (Å²) in [5.41, 5.74) is 7.25. The normalized spacial score (nSPS) is 11.1. The van der Waals surface area contributed by atoms with Crippen LogP contribution in [0.15, 0.2) is 78.9 Å². The third-order valence-electron chi connectivity index (χ3n) is 7.37. The summed E-state index contributed by atoms with van der Waals surface area (Å²) in [5, 5.41) is 0. The van der Waals surface area contributed by atoms with Crippen LogP contribution >= 0.6 is 0 Å². The van der Waals surface area contributed by atoms with Crippen LogP contribution in [-0.2, 0) is 12.8 Å². The molecule has 1 heteroatoms. The highest BCUT2D eigenvalue weighted by Crippen LogP contribution is 2.35. The molecule has 0 aromatic heterocycles. The lowest BCUT2D eigenvalue weighted by Crippen LogP contribution is -1.86. The van der Waals surface area contributed by atoms with E-state index < -0.39 is 0 Å². The minimum atomic E-state index is 0. The third-order valence-corrected chi connectivity index (χ3v) is 7.37. The summed E-state index contributed by atoms with van der Waals surface area (Å²) in [6.45, 7) is 2.29. The molecule has 1 aliphatic carbocycles. The summed E-state index contributed by atoms with van der Waals surface area (Å²) in [4.78, 5) is 0. The summed E-state index contributed by atoms with van der Waals surface area (Å²) < 4.78 is 0. The number of benzene rings is 3. The Morgan fingerprint density at radius 3 is 1.31 bits per heavy atom. The molecule has 0 aliphatic heterocycles. The Kier molecular flexibility index (Phi) is 15.9. The Balaban J connectivity index is 0.000000274. The highest BCUT2D eigenvalue weighted by Gasteiger charge is 2.15. The van der Waals surface area contributed by atoms with Gasteiger partial charge in [0, 0.05) is 0 Å². The Bertz CT molecular complexity index is 887. The number of fused-ring (bicyclic) bond motifs is 3. The van der Waals surface area contributed by atoms with Crippen LogP contribution in [0, 0.1) is 0 Å². The van der Waals surface area contributed by atoms with E-state index in [-0.39, 0.29) is 11.0 Å². The van der Waals surface area contributed by atoms with Crippen LogP contribution in [0.5, 0.6) is 0 Å². The molecule has 0 spiro atoms. The van der Waals surface area contributed by atoms with Crippen molar-refractivity contribution in [3.05, 3.63) is 95.6 Å². The molecule has 0 atom stereocenters. The van der Waals surface area contributed by atoms with Gasteiger partial charge in [-0.15, -0.1) is 0 Å². The van der Waals surface area contributed by atoms with Crippen LogP contribution in [-0.4, -0.2) is 11.0 Å². The summed E-state index contributed by atoms with van der Waals surface area (Å²) in [6.07, 6.45) is 22.6. The van der Waals surface area contributed by atoms with Gasteiger partial charge in [-0.1, -0.05) is 169 Å². The molecule has 0 nitrogen and oxygen atoms in total. The van der Waals surface area contributed by atoms with Gasteiger partial charge in [0.1, 0.15) is 0 Å². The van der Waals surface area contributed by atoms with E-state index in [0.29, 0.717) is 0 Å². The van der Waals surface area contributed by atoms with Gasteiger partial charge in [0.15, 0.2) is 0 Å². The van der Waals surface area contributed by atoms with Crippen LogP contribution in [0.2, 0.25) is 0 Å². The smallest absolute Gasteiger partial charge is 0.00135 e. The highest BCUT2D eigenvalue weighted by molar-refractivity contribution is 5.76. The maximum absolute atomic E-state index is 2.29. The molecule has 0 unspecified atom stereocenters. The van der Waals surface area contributed by atoms with Crippen LogP contribution in [0.1, 0.15) is 114 Å². The van der Waals surface area contributed by atoms with Gasteiger partial charge in [-0.25, -0.2) is 0 Å². The standard InChI is InChI=1S/C22H38.C13H10.H4Si/c1-2-3-4-5-6-7-8-9-10-11-12-13-14-16-19-22-20-17-15-18-21-22;1-3-7-12-10(5-1)9-11-6-2-4-8-13(11)12;/h15,17-18,20-21H,2-14,16,19H2,1H3;1-8H,9H2;1H4. The van der Waals surface area contributed by atoms with E-state index in [0.717, 1.165) is 6.42 Å². The fraction of sp³-hybridized carbons (Fsp3) is 0.486. The zero-order chi connectivity index (χ0) is 24.4. The van der Waals surface area contributed by atoms with Crippen LogP contribution in [0.3, 0.4) is 0 Å². The predicted octanol–water partition coefficient (Wildman–Crippen LogP) is 9.52. The molecule has 1 aliphatic rings. The lowest BCUT2D eigenvalue weighted by molar-refractivity contribution is 0.535. The Morgan fingerprint density at radius 1 is 0.444 bits per heavy atom. The molecule has 0 N–H and O–H groups in total. The zero-order valence-corrected chi connectivity index (χ0v) is 22.3. The number of rotatable bonds is 15. The van der Waals surface area contributed by atoms with Gasteiger partial charge in [-0.05, 0) is 58.0 Å². The monoisotopic (exact) mass is 500 g/mol. The van der Waals surface area contributed by atoms with Crippen molar-refractivity contribution < 1.29 is 0 Å². The second kappa shape index (κ2) is 19.0. The first kappa shape index (κ1) is 30.1. The van der Waals surface area contributed by atoms with Crippen molar-refractivity contribution in [2.45, 2.75) is 110 Å². The molecule has 196 valence electrons. The first-order chi connectivity index (χ1) is 17.4. The van der Waals surface area contributed by atoms with Crippen molar-refractivity contribution in [2.24, 2.45) is 0 Å². The van der Waals surface area contributed by atoms with E-state index in [2.05, 4.69) is 85.8 Å². The van der Waals surface area contributed by atoms with Crippen LogP contribution in [0.4, 0.5) is 0 Å². The second-order valence-corrected chi connectivity index (χ2v) is 10.3. The Hall–Kier alpha value is -2.12. The number of unbranched alkanes of at least 4 members (excludes halogenated alkanes) is 13. The molecule has 4 rings (SSSR count). The third kappa shape index (κ3) is 11.3. The Morgan fingerprint density at radius 2 is 0.833 bits per heavy atom. The van der Waals surface area contributed by atoms with Crippen molar-refractivity contribution in [1.29, 1.82) is 0 Å². The van der Waals surface area contributed by atoms with Crippen LogP contribution in [0.25, 0.3) is 11.1 Å². The number of hydrogen-bond donors (Lipinski definition) is 0. The minimum absolute atomic E-state index is 0. The van der Waals surface area contributed by atoms with E-state index >= 15 is 0 Å². The van der Waals surface area contributed by atoms with Crippen molar-refractivity contribution in [1.82, 2.24) is 0 Å². The quantitative estimate of drug-likeness (QED) is 0.113. The van der Waals surface area contributed by atoms with Gasteiger partial charge in [-0.3, -0.25) is 0 Å². The van der Waals surface area contributed by atoms with Gasteiger partial charge in [0.25, 0.3) is 0 Å². The summed E-state index contributed by atoms with van der Waals surface area (Å²) in [5.74, 6) is 0. The number of aryl methyl sites for hydroxylation is 1. The van der Waals surface area contributed by atoms with E-state index in [1.165, 1.54) is 124 Å². The first-order valence-electron chi connectivity index (χ1n) is 14.6. The molecule has 0 saturated carbocycles. The fourth-order valence-electron chi connectivity index (χ4n) is 5.25. The summed E-state index contributed by atoms with van der Waals surface area (Å²) in [7, 11) is 0. The molecule has 36 heavy (non-hydrogen) atoms. The van der Waals surface area contributed by atoms with Gasteiger partial charge >= 0.3 is 0 Å². The molecule has 3 aromatic carbocycles. The van der Waals surface area contributed by atoms with Gasteiger partial charge in [0.2, 0.25) is 0 Å². The topological polar surface area (TPSA) is 0 Å². The molecular weight excluding hydrogens is 448 g/mol. The maximum Gasteiger partial charge on any atom is -0.00135 e. The fourth-order valence-corrected chi connectivity index (χ4v) is 5.25. The molecule has 0 fully saturated rings. The molecule has 0 bridgehead atoms. The van der Waals surface area contributed by atoms with Crippen molar-refractivity contribution >= 4 is 11.0 Å². The lowest BCUT2D eigenvalue weighted by atomic mass is 10.0. The minimum Gasteiger partial charge on any atom is -0.0654 e. The van der Waals surface area contributed by atoms with E-state index in [9.17, 15) is 0 Å². The molecule has 0 saturated heterocycles. The molecule has 0 amide bonds. The molecule has 0 heterocycles. The SMILES string of the molecule is CCCCCCCCCCCCCCCCc1ccccc1.[SiH4].c1ccc2c(c1)Cc1ccccc1-2. The average molecular weight is 501 g/mol. The summed E-state index contributed by atoms with van der Waals surface area (Å²) >= 11 is 0. The van der Waals surface area contributed by atoms with Gasteiger partial charge in [0.05, 0.1) is 0 Å². The van der Waals surface area contributed by atoms with Gasteiger partial charge in [-0.2, -0.15) is 0 Å². The first-order valence-corrected chi connectivity index (χ1v) is 14.6. The number of hydrogen-bond acceptors (Lipinski definition) is 0. The zero-order valence-electron chi connectivity index (χ0n) is 22.3. The second-order valence-electron chi connectivity index (χ2n) is 10.3. The molecule has 3 aromatic rings. The maximum atomic E-state index is 2.29. The average Bonchev–Trinajstić information content (AvgIpc) is 3.29. The highest BCUT2D eigenvalue weighted by atomic mass is 28.1. The molecule has 0 radical (unpaired) electrons. The summed E-state index contributed by atoms with van der Waals surface area (Å²) in [6, 6.07) is 28.2. The molecular formula is C35H52Si. The largest absolute Gasteiger partial charge is 0.0654 e. The lowest BCUT2D eigenvalue weighted by Gasteiger charge is -2.03.